The molecule has 138 valence electrons. The first-order valence-corrected chi connectivity index (χ1v) is 7.48. The first kappa shape index (κ1) is 19.0. The number of aliphatic hydroxyl groups is 1. The van der Waals surface area contributed by atoms with Crippen LogP contribution in [0.15, 0.2) is 23.3 Å². The molecule has 0 fully saturated rings. The van der Waals surface area contributed by atoms with Gasteiger partial charge < -0.3 is 14.6 Å². The molecule has 0 aliphatic carbocycles. The Kier molecular flexibility index (Phi) is 4.99. The van der Waals surface area contributed by atoms with E-state index in [0.717, 1.165) is 0 Å². The van der Waals surface area contributed by atoms with E-state index in [0.29, 0.717) is 5.75 Å². The molecule has 1 aliphatic heterocycles. The van der Waals surface area contributed by atoms with E-state index in [1.165, 1.54) is 32.4 Å². The summed E-state index contributed by atoms with van der Waals surface area (Å²) >= 11 is 0. The van der Waals surface area contributed by atoms with Gasteiger partial charge in [-0.1, -0.05) is 13.8 Å². The Morgan fingerprint density at radius 3 is 2.36 bits per heavy atom. The zero-order valence-electron chi connectivity index (χ0n) is 14.2. The van der Waals surface area contributed by atoms with Crippen LogP contribution < -0.4 is 9.47 Å². The van der Waals surface area contributed by atoms with Crippen molar-refractivity contribution < 1.29 is 32.5 Å². The molecule has 2 rings (SSSR count). The molecule has 1 heterocycles. The van der Waals surface area contributed by atoms with Crippen molar-refractivity contribution >= 4 is 11.6 Å². The number of alkyl halides is 3. The average molecular weight is 360 g/mol. The molecular formula is C16H19F3N2O4. The molecule has 0 saturated carbocycles. The SMILES string of the molecule is COc1ccc(C(=O)N2N=C(C(C)C)C[C@]2(O)C(F)(F)F)cc1OC. The summed E-state index contributed by atoms with van der Waals surface area (Å²) in [5, 5.41) is 14.0. The van der Waals surface area contributed by atoms with Gasteiger partial charge in [-0.05, 0) is 24.1 Å². The van der Waals surface area contributed by atoms with Crippen molar-refractivity contribution in [2.75, 3.05) is 14.2 Å². The van der Waals surface area contributed by atoms with Gasteiger partial charge in [0.05, 0.1) is 14.2 Å². The largest absolute Gasteiger partial charge is 0.493 e. The minimum Gasteiger partial charge on any atom is -0.493 e. The van der Waals surface area contributed by atoms with E-state index in [2.05, 4.69) is 5.10 Å². The Balaban J connectivity index is 2.47. The van der Waals surface area contributed by atoms with Crippen molar-refractivity contribution in [3.8, 4) is 11.5 Å². The average Bonchev–Trinajstić information content (AvgIpc) is 2.92. The minimum absolute atomic E-state index is 0.0913. The Labute approximate surface area is 142 Å². The highest BCUT2D eigenvalue weighted by Gasteiger charge is 2.63. The molecule has 0 unspecified atom stereocenters. The van der Waals surface area contributed by atoms with Crippen molar-refractivity contribution in [1.29, 1.82) is 0 Å². The topological polar surface area (TPSA) is 71.4 Å². The Morgan fingerprint density at radius 2 is 1.88 bits per heavy atom. The Bertz CT molecular complexity index is 703. The third-order valence-corrected chi connectivity index (χ3v) is 3.95. The molecule has 1 aliphatic rings. The number of methoxy groups -OCH3 is 2. The van der Waals surface area contributed by atoms with Crippen LogP contribution in [0.25, 0.3) is 0 Å². The molecule has 1 amide bonds. The highest BCUT2D eigenvalue weighted by Crippen LogP contribution is 2.42. The molecule has 25 heavy (non-hydrogen) atoms. The van der Waals surface area contributed by atoms with Gasteiger partial charge in [-0.3, -0.25) is 4.79 Å². The number of hydrazone groups is 1. The van der Waals surface area contributed by atoms with Crippen LogP contribution in [0.1, 0.15) is 30.6 Å². The maximum Gasteiger partial charge on any atom is 0.438 e. The zero-order valence-corrected chi connectivity index (χ0v) is 14.2. The van der Waals surface area contributed by atoms with E-state index in [-0.39, 0.29) is 28.0 Å². The number of ether oxygens (including phenoxy) is 2. The van der Waals surface area contributed by atoms with Crippen LogP contribution in [0.5, 0.6) is 11.5 Å². The molecule has 1 N–H and O–H groups in total. The molecule has 1 aromatic rings. The summed E-state index contributed by atoms with van der Waals surface area (Å²) in [4.78, 5) is 12.6. The molecule has 9 heteroatoms. The van der Waals surface area contributed by atoms with Crippen molar-refractivity contribution in [1.82, 2.24) is 5.01 Å². The fourth-order valence-electron chi connectivity index (χ4n) is 2.42. The third-order valence-electron chi connectivity index (χ3n) is 3.95. The first-order valence-electron chi connectivity index (χ1n) is 7.48. The summed E-state index contributed by atoms with van der Waals surface area (Å²) in [7, 11) is 2.73. The lowest BCUT2D eigenvalue weighted by Gasteiger charge is -2.32. The first-order chi connectivity index (χ1) is 11.5. The molecule has 1 aromatic carbocycles. The summed E-state index contributed by atoms with van der Waals surface area (Å²) in [6, 6.07) is 3.91. The standard InChI is InChI=1S/C16H19F3N2O4/c1-9(2)11-8-15(23,16(17,18)19)21(20-11)14(22)10-5-6-12(24-3)13(7-10)25-4/h5-7,9,23H,8H2,1-4H3/t15-/m0/s1. The lowest BCUT2D eigenvalue weighted by Crippen LogP contribution is -2.56. The number of carbonyl (C=O) groups is 1. The number of nitrogens with zero attached hydrogens (tertiary/aromatic N) is 2. The Hall–Kier alpha value is -2.29. The van der Waals surface area contributed by atoms with E-state index in [1.54, 1.807) is 13.8 Å². The van der Waals surface area contributed by atoms with Gasteiger partial charge in [0, 0.05) is 17.7 Å². The van der Waals surface area contributed by atoms with Gasteiger partial charge in [0.25, 0.3) is 11.6 Å². The van der Waals surface area contributed by atoms with Crippen LogP contribution in [0.2, 0.25) is 0 Å². The lowest BCUT2D eigenvalue weighted by molar-refractivity contribution is -0.297. The fourth-order valence-corrected chi connectivity index (χ4v) is 2.42. The van der Waals surface area contributed by atoms with Crippen molar-refractivity contribution in [2.24, 2.45) is 11.0 Å². The molecule has 6 nitrogen and oxygen atoms in total. The summed E-state index contributed by atoms with van der Waals surface area (Å²) < 4.78 is 50.3. The van der Waals surface area contributed by atoms with Crippen molar-refractivity contribution in [3.63, 3.8) is 0 Å². The minimum atomic E-state index is -5.06. The lowest BCUT2D eigenvalue weighted by atomic mass is 9.98. The zero-order chi connectivity index (χ0) is 19.0. The van der Waals surface area contributed by atoms with E-state index in [1.807, 2.05) is 0 Å². The second-order valence-electron chi connectivity index (χ2n) is 5.92. The summed E-state index contributed by atoms with van der Waals surface area (Å²) in [5.41, 5.74) is -3.40. The van der Waals surface area contributed by atoms with Gasteiger partial charge in [0.15, 0.2) is 11.5 Å². The highest BCUT2D eigenvalue weighted by atomic mass is 19.4. The second-order valence-corrected chi connectivity index (χ2v) is 5.92. The normalized spacial score (nSPS) is 20.7. The summed E-state index contributed by atoms with van der Waals surface area (Å²) in [6.07, 6.45) is -5.84. The number of amides is 1. The number of rotatable bonds is 4. The predicted molar refractivity (Wildman–Crippen MR) is 83.6 cm³/mol. The predicted octanol–water partition coefficient (Wildman–Crippen LogP) is 2.81. The molecule has 0 radical (unpaired) electrons. The van der Waals surface area contributed by atoms with Crippen LogP contribution in [0.3, 0.4) is 0 Å². The number of hydrogen-bond donors (Lipinski definition) is 1. The third kappa shape index (κ3) is 3.28. The number of carbonyl (C=O) groups excluding carboxylic acids is 1. The number of benzene rings is 1. The van der Waals surface area contributed by atoms with Crippen LogP contribution in [0, 0.1) is 5.92 Å². The molecular weight excluding hydrogens is 341 g/mol. The van der Waals surface area contributed by atoms with Gasteiger partial charge in [-0.2, -0.15) is 23.3 Å². The molecule has 0 saturated heterocycles. The maximum atomic E-state index is 13.4. The smallest absolute Gasteiger partial charge is 0.438 e. The molecule has 0 spiro atoms. The second kappa shape index (κ2) is 6.55. The molecule has 0 aromatic heterocycles. The number of hydrogen-bond acceptors (Lipinski definition) is 5. The van der Waals surface area contributed by atoms with Gasteiger partial charge in [-0.25, -0.2) is 0 Å². The van der Waals surface area contributed by atoms with E-state index in [4.69, 9.17) is 9.47 Å². The van der Waals surface area contributed by atoms with E-state index in [9.17, 15) is 23.1 Å². The van der Waals surface area contributed by atoms with Crippen molar-refractivity contribution in [3.05, 3.63) is 23.8 Å². The van der Waals surface area contributed by atoms with E-state index < -0.39 is 24.2 Å². The summed E-state index contributed by atoms with van der Waals surface area (Å²) in [6.45, 7) is 3.28. The number of halogens is 3. The van der Waals surface area contributed by atoms with Gasteiger partial charge in [0.2, 0.25) is 0 Å². The van der Waals surface area contributed by atoms with Gasteiger partial charge >= 0.3 is 6.18 Å². The summed E-state index contributed by atoms with van der Waals surface area (Å²) in [5.74, 6) is -0.942. The highest BCUT2D eigenvalue weighted by molar-refractivity contribution is 5.99. The monoisotopic (exact) mass is 360 g/mol. The van der Waals surface area contributed by atoms with E-state index >= 15 is 0 Å². The molecule has 1 atom stereocenters. The van der Waals surface area contributed by atoms with Crippen LogP contribution in [-0.4, -0.2) is 47.9 Å². The fraction of sp³-hybridized carbons (Fsp3) is 0.500. The maximum absolute atomic E-state index is 13.4. The van der Waals surface area contributed by atoms with Gasteiger partial charge in [-0.15, -0.1) is 0 Å². The molecule has 0 bridgehead atoms. The quantitative estimate of drug-likeness (QED) is 0.896. The van der Waals surface area contributed by atoms with Crippen LogP contribution in [-0.2, 0) is 0 Å². The van der Waals surface area contributed by atoms with Crippen LogP contribution in [0.4, 0.5) is 13.2 Å². The van der Waals surface area contributed by atoms with Gasteiger partial charge in [0.1, 0.15) is 0 Å². The van der Waals surface area contributed by atoms with Crippen LogP contribution >= 0.6 is 0 Å². The Morgan fingerprint density at radius 1 is 1.28 bits per heavy atom. The van der Waals surface area contributed by atoms with Crippen molar-refractivity contribution in [2.45, 2.75) is 32.2 Å².